The fourth-order valence-corrected chi connectivity index (χ4v) is 1.72. The molecule has 0 atom stereocenters. The number of hydrogen-bond acceptors (Lipinski definition) is 4. The third kappa shape index (κ3) is 3.52. The highest BCUT2D eigenvalue weighted by molar-refractivity contribution is 9.10. The molecule has 0 amide bonds. The van der Waals surface area contributed by atoms with Gasteiger partial charge >= 0.3 is 0 Å². The molecule has 2 rings (SSSR count). The second-order valence-corrected chi connectivity index (χ2v) is 4.57. The zero-order valence-corrected chi connectivity index (χ0v) is 11.2. The zero-order chi connectivity index (χ0) is 12.1. The molecule has 2 aromatic rings. The van der Waals surface area contributed by atoms with Crippen molar-refractivity contribution in [3.63, 3.8) is 0 Å². The highest BCUT2D eigenvalue weighted by Gasteiger charge is 2.01. The minimum absolute atomic E-state index is 0.648. The van der Waals surface area contributed by atoms with Gasteiger partial charge in [0.15, 0.2) is 0 Å². The molecule has 6 heteroatoms. The lowest BCUT2D eigenvalue weighted by Gasteiger charge is -2.05. The van der Waals surface area contributed by atoms with Gasteiger partial charge in [0.05, 0.1) is 22.9 Å². The average Bonchev–Trinajstić information content (AvgIpc) is 2.73. The van der Waals surface area contributed by atoms with Gasteiger partial charge in [-0.15, -0.1) is 0 Å². The van der Waals surface area contributed by atoms with Gasteiger partial charge in [0.1, 0.15) is 0 Å². The molecule has 90 valence electrons. The van der Waals surface area contributed by atoms with Crippen molar-refractivity contribution in [2.24, 2.45) is 0 Å². The quantitative estimate of drug-likeness (QED) is 0.920. The van der Waals surface area contributed by atoms with E-state index in [1.165, 1.54) is 0 Å². The molecule has 0 spiro atoms. The average molecular weight is 296 g/mol. The molecule has 2 heterocycles. The summed E-state index contributed by atoms with van der Waals surface area (Å²) in [5.74, 6) is 0.676. The van der Waals surface area contributed by atoms with Crippen LogP contribution in [0.15, 0.2) is 29.1 Å². The highest BCUT2D eigenvalue weighted by Crippen LogP contribution is 2.08. The lowest BCUT2D eigenvalue weighted by Crippen LogP contribution is -2.08. The first-order valence-corrected chi connectivity index (χ1v) is 6.31. The van der Waals surface area contributed by atoms with Crippen molar-refractivity contribution in [3.05, 3.63) is 34.8 Å². The fraction of sp³-hybridized carbons (Fsp3) is 0.364. The van der Waals surface area contributed by atoms with Crippen LogP contribution in [0, 0.1) is 0 Å². The van der Waals surface area contributed by atoms with E-state index in [2.05, 4.69) is 43.2 Å². The molecular formula is C11H14BrN5. The molecule has 0 unspecified atom stereocenters. The van der Waals surface area contributed by atoms with Gasteiger partial charge in [-0.25, -0.2) is 9.97 Å². The maximum atomic E-state index is 4.42. The largest absolute Gasteiger partial charge is 0.354 e. The Morgan fingerprint density at radius 3 is 3.06 bits per heavy atom. The lowest BCUT2D eigenvalue weighted by molar-refractivity contribution is 0.671. The number of anilines is 1. The maximum Gasteiger partial charge on any atom is 0.222 e. The van der Waals surface area contributed by atoms with Crippen LogP contribution in [0.3, 0.4) is 0 Å². The number of rotatable bonds is 5. The molecule has 2 aromatic heterocycles. The van der Waals surface area contributed by atoms with Crippen molar-refractivity contribution in [1.29, 1.82) is 0 Å². The second-order valence-electron chi connectivity index (χ2n) is 3.65. The Bertz CT molecular complexity index is 482. The van der Waals surface area contributed by atoms with E-state index in [1.807, 2.05) is 16.9 Å². The van der Waals surface area contributed by atoms with Crippen LogP contribution < -0.4 is 5.32 Å². The zero-order valence-electron chi connectivity index (χ0n) is 9.60. The van der Waals surface area contributed by atoms with Crippen molar-refractivity contribution in [2.45, 2.75) is 19.9 Å². The predicted octanol–water partition coefficient (Wildman–Crippen LogP) is 2.31. The van der Waals surface area contributed by atoms with Gasteiger partial charge in [-0.2, -0.15) is 5.10 Å². The third-order valence-electron chi connectivity index (χ3n) is 2.17. The Morgan fingerprint density at radius 2 is 2.35 bits per heavy atom. The Labute approximate surface area is 108 Å². The number of aromatic nitrogens is 4. The van der Waals surface area contributed by atoms with Gasteiger partial charge < -0.3 is 5.32 Å². The maximum absolute atomic E-state index is 4.42. The van der Waals surface area contributed by atoms with Crippen LogP contribution in [0.5, 0.6) is 0 Å². The van der Waals surface area contributed by atoms with Crippen LogP contribution in [0.2, 0.25) is 0 Å². The third-order valence-corrected chi connectivity index (χ3v) is 2.58. The number of nitrogens with zero attached hydrogens (tertiary/aromatic N) is 4. The fourth-order valence-electron chi connectivity index (χ4n) is 1.40. The lowest BCUT2D eigenvalue weighted by atomic mass is 10.4. The van der Waals surface area contributed by atoms with Gasteiger partial charge in [-0.3, -0.25) is 4.68 Å². The van der Waals surface area contributed by atoms with E-state index in [9.17, 15) is 0 Å². The van der Waals surface area contributed by atoms with Gasteiger partial charge in [-0.05, 0) is 28.4 Å². The number of nitrogens with one attached hydrogen (secondary N) is 1. The van der Waals surface area contributed by atoms with E-state index < -0.39 is 0 Å². The molecule has 0 aliphatic carbocycles. The van der Waals surface area contributed by atoms with E-state index >= 15 is 0 Å². The Hall–Kier alpha value is -1.43. The second kappa shape index (κ2) is 5.77. The predicted molar refractivity (Wildman–Crippen MR) is 69.8 cm³/mol. The smallest absolute Gasteiger partial charge is 0.222 e. The molecule has 0 aromatic carbocycles. The summed E-state index contributed by atoms with van der Waals surface area (Å²) in [7, 11) is 0. The van der Waals surface area contributed by atoms with Crippen LogP contribution in [0.4, 0.5) is 5.95 Å². The topological polar surface area (TPSA) is 55.6 Å². The first-order valence-electron chi connectivity index (χ1n) is 5.51. The summed E-state index contributed by atoms with van der Waals surface area (Å²) in [6, 6.07) is 1.90. The van der Waals surface area contributed by atoms with E-state index in [1.54, 1.807) is 12.4 Å². The van der Waals surface area contributed by atoms with Crippen LogP contribution in [0.25, 0.3) is 0 Å². The summed E-state index contributed by atoms with van der Waals surface area (Å²) in [5, 5.41) is 7.36. The van der Waals surface area contributed by atoms with Crippen LogP contribution in [-0.2, 0) is 6.54 Å². The van der Waals surface area contributed by atoms with Crippen molar-refractivity contribution in [1.82, 2.24) is 19.7 Å². The molecule has 5 nitrogen and oxygen atoms in total. The van der Waals surface area contributed by atoms with Crippen LogP contribution in [-0.4, -0.2) is 26.3 Å². The van der Waals surface area contributed by atoms with Crippen molar-refractivity contribution in [2.75, 3.05) is 11.9 Å². The van der Waals surface area contributed by atoms with E-state index in [-0.39, 0.29) is 0 Å². The molecule has 17 heavy (non-hydrogen) atoms. The van der Waals surface area contributed by atoms with Crippen molar-refractivity contribution in [3.8, 4) is 0 Å². The van der Waals surface area contributed by atoms with Crippen LogP contribution >= 0.6 is 15.9 Å². The van der Waals surface area contributed by atoms with Crippen LogP contribution in [0.1, 0.15) is 19.0 Å². The molecule has 0 radical (unpaired) electrons. The summed E-state index contributed by atoms with van der Waals surface area (Å²) in [4.78, 5) is 8.58. The minimum Gasteiger partial charge on any atom is -0.354 e. The summed E-state index contributed by atoms with van der Waals surface area (Å²) in [6.45, 7) is 3.64. The first-order chi connectivity index (χ1) is 8.28. The number of hydrogen-bond donors (Lipinski definition) is 1. The Balaban J connectivity index is 2.05. The molecule has 0 saturated carbocycles. The SMILES string of the molecule is CCCNc1nccc(Cn2cc(Br)cn2)n1. The molecule has 0 aliphatic rings. The first kappa shape index (κ1) is 12.0. The van der Waals surface area contributed by atoms with Gasteiger partial charge in [-0.1, -0.05) is 6.92 Å². The molecule has 0 aliphatic heterocycles. The summed E-state index contributed by atoms with van der Waals surface area (Å²) in [5.41, 5.74) is 0.939. The normalized spacial score (nSPS) is 10.5. The van der Waals surface area contributed by atoms with Crippen molar-refractivity contribution < 1.29 is 0 Å². The molecule has 0 fully saturated rings. The van der Waals surface area contributed by atoms with Gasteiger partial charge in [0, 0.05) is 18.9 Å². The van der Waals surface area contributed by atoms with E-state index in [4.69, 9.17) is 0 Å². The van der Waals surface area contributed by atoms with Gasteiger partial charge in [0.25, 0.3) is 0 Å². The molecular weight excluding hydrogens is 282 g/mol. The summed E-state index contributed by atoms with van der Waals surface area (Å²) in [6.07, 6.45) is 6.50. The van der Waals surface area contributed by atoms with Gasteiger partial charge in [0.2, 0.25) is 5.95 Å². The number of halogens is 1. The minimum atomic E-state index is 0.648. The Kier molecular flexibility index (Phi) is 4.08. The summed E-state index contributed by atoms with van der Waals surface area (Å²) >= 11 is 3.37. The molecule has 0 saturated heterocycles. The Morgan fingerprint density at radius 1 is 1.47 bits per heavy atom. The molecule has 1 N–H and O–H groups in total. The van der Waals surface area contributed by atoms with Crippen molar-refractivity contribution >= 4 is 21.9 Å². The van der Waals surface area contributed by atoms with E-state index in [0.29, 0.717) is 12.5 Å². The monoisotopic (exact) mass is 295 g/mol. The summed E-state index contributed by atoms with van der Waals surface area (Å²) < 4.78 is 2.80. The molecule has 0 bridgehead atoms. The highest BCUT2D eigenvalue weighted by atomic mass is 79.9. The standard InChI is InChI=1S/C11H14BrN5/c1-2-4-13-11-14-5-3-10(16-11)8-17-7-9(12)6-15-17/h3,5-7H,2,4,8H2,1H3,(H,13,14,16). The van der Waals surface area contributed by atoms with E-state index in [0.717, 1.165) is 23.1 Å².